The van der Waals surface area contributed by atoms with Crippen molar-refractivity contribution in [3.8, 4) is 0 Å². The van der Waals surface area contributed by atoms with Crippen LogP contribution in [0.5, 0.6) is 0 Å². The lowest BCUT2D eigenvalue weighted by Gasteiger charge is -2.47. The quantitative estimate of drug-likeness (QED) is 0.706. The van der Waals surface area contributed by atoms with E-state index in [0.29, 0.717) is 5.04 Å². The van der Waals surface area contributed by atoms with Crippen LogP contribution in [-0.4, -0.2) is 20.1 Å². The van der Waals surface area contributed by atoms with Crippen LogP contribution >= 0.6 is 0 Å². The fraction of sp³-hybridized carbons (Fsp3) is 0.333. The van der Waals surface area contributed by atoms with Crippen molar-refractivity contribution in [2.75, 3.05) is 0 Å². The molecular formula is C18H25BNSi. The van der Waals surface area contributed by atoms with E-state index in [1.54, 1.807) is 0 Å². The molecule has 0 atom stereocenters. The lowest BCUT2D eigenvalue weighted by molar-refractivity contribution is 0.657. The van der Waals surface area contributed by atoms with Gasteiger partial charge < -0.3 is 4.48 Å². The van der Waals surface area contributed by atoms with Gasteiger partial charge in [0.15, 0.2) is 0 Å². The summed E-state index contributed by atoms with van der Waals surface area (Å²) >= 11 is 0. The molecule has 1 aromatic rings. The van der Waals surface area contributed by atoms with Crippen molar-refractivity contribution in [1.82, 2.24) is 4.48 Å². The molecule has 0 fully saturated rings. The zero-order valence-electron chi connectivity index (χ0n) is 13.9. The van der Waals surface area contributed by atoms with E-state index >= 15 is 0 Å². The molecule has 1 heterocycles. The van der Waals surface area contributed by atoms with E-state index in [-0.39, 0.29) is 0 Å². The van der Waals surface area contributed by atoms with Crippen molar-refractivity contribution in [1.29, 1.82) is 0 Å². The van der Waals surface area contributed by atoms with Crippen LogP contribution in [-0.2, 0) is 0 Å². The second kappa shape index (κ2) is 5.72. The topological polar surface area (TPSA) is 3.24 Å². The van der Waals surface area contributed by atoms with Crippen molar-refractivity contribution in [3.05, 3.63) is 66.3 Å². The van der Waals surface area contributed by atoms with Crippen LogP contribution in [0.25, 0.3) is 5.57 Å². The Morgan fingerprint density at radius 1 is 1.14 bits per heavy atom. The van der Waals surface area contributed by atoms with Gasteiger partial charge in [-0.05, 0) is 28.5 Å². The highest BCUT2D eigenvalue weighted by Crippen LogP contribution is 2.39. The first-order valence-corrected chi connectivity index (χ1v) is 10.4. The molecule has 1 aliphatic rings. The molecule has 0 bridgehead atoms. The minimum Gasteiger partial charge on any atom is -0.448 e. The van der Waals surface area contributed by atoms with E-state index in [0.717, 1.165) is 5.57 Å². The molecule has 1 radical (unpaired) electrons. The number of benzene rings is 1. The number of allylic oxidation sites excluding steroid dienone is 4. The van der Waals surface area contributed by atoms with Gasteiger partial charge in [0.1, 0.15) is 8.24 Å². The van der Waals surface area contributed by atoms with E-state index in [9.17, 15) is 0 Å². The smallest absolute Gasteiger partial charge is 0.276 e. The highest BCUT2D eigenvalue weighted by atomic mass is 28.3. The van der Waals surface area contributed by atoms with Crippen molar-refractivity contribution in [2.24, 2.45) is 0 Å². The summed E-state index contributed by atoms with van der Waals surface area (Å²) in [4.78, 5) is 0. The molecule has 0 saturated carbocycles. The molecular weight excluding hydrogens is 269 g/mol. The Balaban J connectivity index is 2.21. The average molecular weight is 294 g/mol. The number of hydrogen-bond donors (Lipinski definition) is 0. The summed E-state index contributed by atoms with van der Waals surface area (Å²) in [6.45, 7) is 16.1. The van der Waals surface area contributed by atoms with Gasteiger partial charge in [-0.3, -0.25) is 0 Å². The van der Waals surface area contributed by atoms with E-state index in [2.05, 4.69) is 95.0 Å². The Morgan fingerprint density at radius 3 is 2.33 bits per heavy atom. The molecule has 1 aromatic carbocycles. The number of rotatable bonds is 3. The van der Waals surface area contributed by atoms with Gasteiger partial charge in [0.05, 0.1) is 0 Å². The molecule has 0 unspecified atom stereocenters. The summed E-state index contributed by atoms with van der Waals surface area (Å²) in [7, 11) is 0.687. The third-order valence-electron chi connectivity index (χ3n) is 4.75. The predicted octanol–water partition coefficient (Wildman–Crippen LogP) is 5.04. The zero-order chi connectivity index (χ0) is 15.7. The van der Waals surface area contributed by atoms with Gasteiger partial charge >= 0.3 is 0 Å². The van der Waals surface area contributed by atoms with Crippen molar-refractivity contribution < 1.29 is 0 Å². The van der Waals surface area contributed by atoms with Crippen LogP contribution in [0.3, 0.4) is 0 Å². The van der Waals surface area contributed by atoms with E-state index in [4.69, 9.17) is 0 Å². The highest BCUT2D eigenvalue weighted by Gasteiger charge is 2.40. The van der Waals surface area contributed by atoms with E-state index in [1.807, 2.05) is 6.07 Å². The Hall–Kier alpha value is -1.48. The standard InChI is InChI=1S/C18H25BNSi/c1-15(16-11-8-7-9-12-16)17-13-10-14-20(19-17)21(5,6)18(2,3)4/h7-14H,1H2,2-6H3. The molecule has 3 heteroatoms. The molecule has 0 aliphatic carbocycles. The fourth-order valence-corrected chi connectivity index (χ4v) is 3.89. The zero-order valence-corrected chi connectivity index (χ0v) is 14.9. The highest BCUT2D eigenvalue weighted by molar-refractivity contribution is 6.84. The second-order valence-corrected chi connectivity index (χ2v) is 12.3. The van der Waals surface area contributed by atoms with Gasteiger partial charge in [-0.2, -0.15) is 0 Å². The second-order valence-electron chi connectivity index (χ2n) is 7.15. The normalized spacial score (nSPS) is 15.5. The first-order chi connectivity index (χ1) is 9.73. The average Bonchev–Trinajstić information content (AvgIpc) is 2.46. The maximum atomic E-state index is 4.28. The molecule has 0 amide bonds. The van der Waals surface area contributed by atoms with Crippen LogP contribution in [0.1, 0.15) is 26.3 Å². The summed E-state index contributed by atoms with van der Waals surface area (Å²) in [5, 5.41) is 0.310. The van der Waals surface area contributed by atoms with E-state index in [1.165, 1.54) is 11.0 Å². The summed E-state index contributed by atoms with van der Waals surface area (Å²) in [6.07, 6.45) is 6.50. The van der Waals surface area contributed by atoms with Gasteiger partial charge in [0, 0.05) is 0 Å². The molecule has 21 heavy (non-hydrogen) atoms. The molecule has 1 nitrogen and oxygen atoms in total. The third kappa shape index (κ3) is 3.24. The maximum absolute atomic E-state index is 4.28. The van der Waals surface area contributed by atoms with Crippen LogP contribution in [0.2, 0.25) is 18.1 Å². The molecule has 2 rings (SSSR count). The molecule has 0 saturated heterocycles. The summed E-state index contributed by atoms with van der Waals surface area (Å²) in [5.41, 5.74) is 3.47. The van der Waals surface area contributed by atoms with Crippen molar-refractivity contribution in [3.63, 3.8) is 0 Å². The Morgan fingerprint density at radius 2 is 1.76 bits per heavy atom. The number of nitrogens with zero attached hydrogens (tertiary/aromatic N) is 1. The summed E-state index contributed by atoms with van der Waals surface area (Å²) < 4.78 is 2.44. The first-order valence-electron chi connectivity index (χ1n) is 7.50. The Kier molecular flexibility index (Phi) is 4.33. The summed E-state index contributed by atoms with van der Waals surface area (Å²) in [5.74, 6) is 0. The van der Waals surface area contributed by atoms with E-state index < -0.39 is 8.24 Å². The van der Waals surface area contributed by atoms with Crippen molar-refractivity contribution >= 4 is 21.2 Å². The lowest BCUT2D eigenvalue weighted by atomic mass is 9.74. The largest absolute Gasteiger partial charge is 0.448 e. The first kappa shape index (κ1) is 15.9. The molecule has 0 N–H and O–H groups in total. The van der Waals surface area contributed by atoms with Gasteiger partial charge in [0.25, 0.3) is 7.41 Å². The monoisotopic (exact) mass is 294 g/mol. The Bertz CT molecular complexity index is 579. The minimum atomic E-state index is -1.58. The molecule has 109 valence electrons. The van der Waals surface area contributed by atoms with Gasteiger partial charge in [0.2, 0.25) is 0 Å². The van der Waals surface area contributed by atoms with Crippen LogP contribution in [0, 0.1) is 0 Å². The SMILES string of the molecule is C=C(C1=CC=CN([Si](C)(C)C(C)(C)C)[B]1)c1ccccc1. The predicted molar refractivity (Wildman–Crippen MR) is 97.5 cm³/mol. The van der Waals surface area contributed by atoms with Crippen LogP contribution in [0.4, 0.5) is 0 Å². The Labute approximate surface area is 131 Å². The van der Waals surface area contributed by atoms with Gasteiger partial charge in [-0.25, -0.2) is 0 Å². The number of hydrogen-bond acceptors (Lipinski definition) is 1. The minimum absolute atomic E-state index is 0.310. The van der Waals surface area contributed by atoms with Gasteiger partial charge in [-0.15, -0.1) is 0 Å². The van der Waals surface area contributed by atoms with Crippen LogP contribution in [0.15, 0.2) is 60.7 Å². The fourth-order valence-electron chi connectivity index (χ4n) is 2.19. The van der Waals surface area contributed by atoms with Crippen LogP contribution < -0.4 is 0 Å². The lowest BCUT2D eigenvalue weighted by Crippen LogP contribution is -2.54. The van der Waals surface area contributed by atoms with Crippen molar-refractivity contribution in [2.45, 2.75) is 38.9 Å². The van der Waals surface area contributed by atoms with Gasteiger partial charge in [-0.1, -0.05) is 82.3 Å². The summed E-state index contributed by atoms with van der Waals surface area (Å²) in [6, 6.07) is 10.4. The molecule has 1 aliphatic heterocycles. The third-order valence-corrected chi connectivity index (χ3v) is 9.99. The maximum Gasteiger partial charge on any atom is 0.276 e. The molecule has 0 aromatic heterocycles. The molecule has 0 spiro atoms.